The van der Waals surface area contributed by atoms with Crippen LogP contribution < -0.4 is 5.73 Å². The van der Waals surface area contributed by atoms with Crippen LogP contribution in [0.5, 0.6) is 0 Å². The predicted octanol–water partition coefficient (Wildman–Crippen LogP) is 2.95. The monoisotopic (exact) mass is 262 g/mol. The molecular formula is C17H30N2. The lowest BCUT2D eigenvalue weighted by Gasteiger charge is -2.20. The molecule has 1 atom stereocenters. The molecule has 0 aliphatic heterocycles. The lowest BCUT2D eigenvalue weighted by Crippen LogP contribution is -2.29. The van der Waals surface area contributed by atoms with Crippen LogP contribution in [0.15, 0.2) is 24.3 Å². The quantitative estimate of drug-likeness (QED) is 0.780. The minimum atomic E-state index is 0.582. The van der Waals surface area contributed by atoms with Gasteiger partial charge in [0, 0.05) is 13.1 Å². The van der Waals surface area contributed by atoms with Crippen molar-refractivity contribution in [2.24, 2.45) is 17.6 Å². The Morgan fingerprint density at radius 2 is 1.63 bits per heavy atom. The second-order valence-electron chi connectivity index (χ2n) is 6.27. The molecule has 1 aromatic rings. The molecule has 1 rings (SSSR count). The van der Waals surface area contributed by atoms with Gasteiger partial charge < -0.3 is 10.6 Å². The zero-order valence-electron chi connectivity index (χ0n) is 13.0. The molecule has 0 saturated heterocycles. The highest BCUT2D eigenvalue weighted by molar-refractivity contribution is 5.23. The topological polar surface area (TPSA) is 29.3 Å². The first-order chi connectivity index (χ1) is 9.01. The van der Waals surface area contributed by atoms with Crippen molar-refractivity contribution in [3.05, 3.63) is 35.4 Å². The van der Waals surface area contributed by atoms with Crippen molar-refractivity contribution in [3.8, 4) is 0 Å². The summed E-state index contributed by atoms with van der Waals surface area (Å²) in [5, 5.41) is 0. The molecule has 0 aliphatic carbocycles. The van der Waals surface area contributed by atoms with Crippen LogP contribution in [0, 0.1) is 11.8 Å². The van der Waals surface area contributed by atoms with Crippen molar-refractivity contribution >= 4 is 0 Å². The summed E-state index contributed by atoms with van der Waals surface area (Å²) in [6.45, 7) is 9.70. The summed E-state index contributed by atoms with van der Waals surface area (Å²) >= 11 is 0. The van der Waals surface area contributed by atoms with E-state index in [-0.39, 0.29) is 0 Å². The minimum absolute atomic E-state index is 0.582. The average Bonchev–Trinajstić information content (AvgIpc) is 2.37. The van der Waals surface area contributed by atoms with Gasteiger partial charge in [0.2, 0.25) is 0 Å². The van der Waals surface area contributed by atoms with Gasteiger partial charge in [0.15, 0.2) is 0 Å². The van der Waals surface area contributed by atoms with Crippen LogP contribution in [-0.4, -0.2) is 31.6 Å². The molecule has 108 valence electrons. The number of benzene rings is 1. The van der Waals surface area contributed by atoms with E-state index in [0.29, 0.717) is 5.92 Å². The molecule has 1 aromatic carbocycles. The Balaban J connectivity index is 2.37. The Hall–Kier alpha value is -0.860. The number of hydrogen-bond acceptors (Lipinski definition) is 2. The highest BCUT2D eigenvalue weighted by atomic mass is 15.1. The fourth-order valence-electron chi connectivity index (χ4n) is 2.33. The van der Waals surface area contributed by atoms with Gasteiger partial charge in [0.25, 0.3) is 0 Å². The third-order valence-corrected chi connectivity index (χ3v) is 3.47. The van der Waals surface area contributed by atoms with Crippen molar-refractivity contribution in [3.63, 3.8) is 0 Å². The maximum Gasteiger partial charge on any atom is 0.00189 e. The first-order valence-corrected chi connectivity index (χ1v) is 7.47. The summed E-state index contributed by atoms with van der Waals surface area (Å²) in [5.74, 6) is 1.31. The normalized spacial score (nSPS) is 13.2. The summed E-state index contributed by atoms with van der Waals surface area (Å²) in [6.07, 6.45) is 2.30. The Bertz CT molecular complexity index is 343. The fraction of sp³-hybridized carbons (Fsp3) is 0.647. The SMILES string of the molecule is CC(C)Cc1ccc(CCN(C)CC(C)CN)cc1. The second-order valence-corrected chi connectivity index (χ2v) is 6.27. The summed E-state index contributed by atoms with van der Waals surface area (Å²) in [7, 11) is 2.18. The van der Waals surface area contributed by atoms with Crippen LogP contribution in [0.2, 0.25) is 0 Å². The molecule has 0 spiro atoms. The molecule has 0 aromatic heterocycles. The van der Waals surface area contributed by atoms with E-state index in [4.69, 9.17) is 5.73 Å². The molecule has 0 heterocycles. The van der Waals surface area contributed by atoms with Crippen molar-refractivity contribution in [2.75, 3.05) is 26.7 Å². The first-order valence-electron chi connectivity index (χ1n) is 7.47. The molecule has 0 saturated carbocycles. The molecule has 0 fully saturated rings. The molecule has 0 amide bonds. The van der Waals surface area contributed by atoms with Crippen molar-refractivity contribution in [1.29, 1.82) is 0 Å². The van der Waals surface area contributed by atoms with Crippen molar-refractivity contribution in [2.45, 2.75) is 33.6 Å². The van der Waals surface area contributed by atoms with Gasteiger partial charge >= 0.3 is 0 Å². The molecule has 0 bridgehead atoms. The number of nitrogens with zero attached hydrogens (tertiary/aromatic N) is 1. The second kappa shape index (κ2) is 8.34. The minimum Gasteiger partial charge on any atom is -0.330 e. The fourth-order valence-corrected chi connectivity index (χ4v) is 2.33. The first kappa shape index (κ1) is 16.2. The van der Waals surface area contributed by atoms with Gasteiger partial charge in [0.05, 0.1) is 0 Å². The molecule has 0 aliphatic rings. The predicted molar refractivity (Wildman–Crippen MR) is 84.4 cm³/mol. The molecule has 0 radical (unpaired) electrons. The van der Waals surface area contributed by atoms with Crippen LogP contribution in [0.3, 0.4) is 0 Å². The summed E-state index contributed by atoms with van der Waals surface area (Å²) in [4.78, 5) is 2.37. The van der Waals surface area contributed by atoms with Crippen LogP contribution in [-0.2, 0) is 12.8 Å². The van der Waals surface area contributed by atoms with Crippen LogP contribution >= 0.6 is 0 Å². The van der Waals surface area contributed by atoms with E-state index >= 15 is 0 Å². The third-order valence-electron chi connectivity index (χ3n) is 3.47. The van der Waals surface area contributed by atoms with Gasteiger partial charge in [-0.1, -0.05) is 45.0 Å². The molecule has 2 N–H and O–H groups in total. The van der Waals surface area contributed by atoms with Crippen LogP contribution in [0.1, 0.15) is 31.9 Å². The van der Waals surface area contributed by atoms with Gasteiger partial charge in [-0.3, -0.25) is 0 Å². The summed E-state index contributed by atoms with van der Waals surface area (Å²) in [6, 6.07) is 9.10. The van der Waals surface area contributed by atoms with Crippen LogP contribution in [0.4, 0.5) is 0 Å². The Labute approximate surface area is 119 Å². The zero-order valence-corrected chi connectivity index (χ0v) is 13.0. The maximum atomic E-state index is 5.66. The molecular weight excluding hydrogens is 232 g/mol. The lowest BCUT2D eigenvalue weighted by atomic mass is 10.0. The molecule has 1 unspecified atom stereocenters. The average molecular weight is 262 g/mol. The van der Waals surface area contributed by atoms with Gasteiger partial charge in [-0.2, -0.15) is 0 Å². The number of likely N-dealkylation sites (N-methyl/N-ethyl adjacent to an activating group) is 1. The van der Waals surface area contributed by atoms with E-state index in [9.17, 15) is 0 Å². The van der Waals surface area contributed by atoms with E-state index in [2.05, 4.69) is 57.0 Å². The number of rotatable bonds is 8. The highest BCUT2D eigenvalue weighted by Gasteiger charge is 2.05. The summed E-state index contributed by atoms with van der Waals surface area (Å²) in [5.41, 5.74) is 8.54. The van der Waals surface area contributed by atoms with Gasteiger partial charge in [0.1, 0.15) is 0 Å². The molecule has 2 nitrogen and oxygen atoms in total. The van der Waals surface area contributed by atoms with E-state index < -0.39 is 0 Å². The van der Waals surface area contributed by atoms with Gasteiger partial charge in [-0.05, 0) is 49.4 Å². The molecule has 19 heavy (non-hydrogen) atoms. The van der Waals surface area contributed by atoms with Gasteiger partial charge in [-0.15, -0.1) is 0 Å². The third kappa shape index (κ3) is 6.74. The standard InChI is InChI=1S/C17H30N2/c1-14(2)11-17-7-5-16(6-8-17)9-10-19(4)13-15(3)12-18/h5-8,14-15H,9-13,18H2,1-4H3. The van der Waals surface area contributed by atoms with E-state index in [1.165, 1.54) is 17.5 Å². The molecule has 2 heteroatoms. The van der Waals surface area contributed by atoms with E-state index in [1.54, 1.807) is 0 Å². The highest BCUT2D eigenvalue weighted by Crippen LogP contribution is 2.10. The van der Waals surface area contributed by atoms with Gasteiger partial charge in [-0.25, -0.2) is 0 Å². The smallest absolute Gasteiger partial charge is 0.00189 e. The lowest BCUT2D eigenvalue weighted by molar-refractivity contribution is 0.292. The zero-order chi connectivity index (χ0) is 14.3. The largest absolute Gasteiger partial charge is 0.330 e. The van der Waals surface area contributed by atoms with E-state index in [0.717, 1.165) is 32.0 Å². The Morgan fingerprint density at radius 1 is 1.05 bits per heavy atom. The van der Waals surface area contributed by atoms with Crippen molar-refractivity contribution in [1.82, 2.24) is 4.90 Å². The summed E-state index contributed by atoms with van der Waals surface area (Å²) < 4.78 is 0. The van der Waals surface area contributed by atoms with Crippen molar-refractivity contribution < 1.29 is 0 Å². The Kier molecular flexibility index (Phi) is 7.11. The maximum absolute atomic E-state index is 5.66. The Morgan fingerprint density at radius 3 is 2.16 bits per heavy atom. The number of nitrogens with two attached hydrogens (primary N) is 1. The number of hydrogen-bond donors (Lipinski definition) is 1. The van der Waals surface area contributed by atoms with Crippen LogP contribution in [0.25, 0.3) is 0 Å². The van der Waals surface area contributed by atoms with E-state index in [1.807, 2.05) is 0 Å².